The Morgan fingerprint density at radius 3 is 2.95 bits per heavy atom. The van der Waals surface area contributed by atoms with E-state index < -0.39 is 0 Å². The standard InChI is InChI=1S/C15H18N4O2S/c1-11-17-18-14(22-11)16-15(20)19-7-8-21-13(10-19)9-12-5-3-2-4-6-12/h2-6,13H,7-10H2,1H3,(H,16,18,20). The molecule has 1 saturated heterocycles. The molecule has 1 aromatic carbocycles. The fraction of sp³-hybridized carbons (Fsp3) is 0.400. The maximum atomic E-state index is 12.3. The summed E-state index contributed by atoms with van der Waals surface area (Å²) in [4.78, 5) is 14.0. The lowest BCUT2D eigenvalue weighted by atomic mass is 10.1. The molecule has 0 aliphatic carbocycles. The number of anilines is 1. The monoisotopic (exact) mass is 318 g/mol. The summed E-state index contributed by atoms with van der Waals surface area (Å²) >= 11 is 1.37. The Morgan fingerprint density at radius 1 is 1.41 bits per heavy atom. The number of ether oxygens (including phenoxy) is 1. The molecule has 1 aromatic heterocycles. The van der Waals surface area contributed by atoms with E-state index in [-0.39, 0.29) is 12.1 Å². The lowest BCUT2D eigenvalue weighted by Gasteiger charge is -2.32. The molecule has 0 saturated carbocycles. The van der Waals surface area contributed by atoms with Gasteiger partial charge in [-0.2, -0.15) is 0 Å². The van der Waals surface area contributed by atoms with Gasteiger partial charge in [-0.25, -0.2) is 4.79 Å². The molecule has 2 amide bonds. The molecule has 1 N–H and O–H groups in total. The largest absolute Gasteiger partial charge is 0.374 e. The van der Waals surface area contributed by atoms with Crippen molar-refractivity contribution in [3.8, 4) is 0 Å². The quantitative estimate of drug-likeness (QED) is 0.943. The normalized spacial score (nSPS) is 18.2. The highest BCUT2D eigenvalue weighted by atomic mass is 32.1. The van der Waals surface area contributed by atoms with Gasteiger partial charge in [0.05, 0.1) is 12.7 Å². The molecule has 1 aliphatic rings. The first-order chi connectivity index (χ1) is 10.7. The van der Waals surface area contributed by atoms with E-state index in [0.717, 1.165) is 11.4 Å². The minimum atomic E-state index is -0.141. The van der Waals surface area contributed by atoms with Gasteiger partial charge in [0, 0.05) is 19.5 Å². The highest BCUT2D eigenvalue weighted by molar-refractivity contribution is 7.15. The van der Waals surface area contributed by atoms with Crippen LogP contribution in [0, 0.1) is 6.92 Å². The van der Waals surface area contributed by atoms with Crippen LogP contribution < -0.4 is 5.32 Å². The first-order valence-electron chi connectivity index (χ1n) is 7.22. The van der Waals surface area contributed by atoms with Gasteiger partial charge >= 0.3 is 6.03 Å². The van der Waals surface area contributed by atoms with Crippen LogP contribution in [-0.2, 0) is 11.2 Å². The van der Waals surface area contributed by atoms with E-state index in [0.29, 0.717) is 24.8 Å². The summed E-state index contributed by atoms with van der Waals surface area (Å²) in [7, 11) is 0. The van der Waals surface area contributed by atoms with Crippen molar-refractivity contribution in [3.63, 3.8) is 0 Å². The van der Waals surface area contributed by atoms with E-state index >= 15 is 0 Å². The third kappa shape index (κ3) is 3.80. The van der Waals surface area contributed by atoms with Gasteiger partial charge in [0.25, 0.3) is 0 Å². The molecule has 1 unspecified atom stereocenters. The molecule has 116 valence electrons. The van der Waals surface area contributed by atoms with Crippen LogP contribution in [0.15, 0.2) is 30.3 Å². The Bertz CT molecular complexity index is 631. The van der Waals surface area contributed by atoms with Crippen molar-refractivity contribution < 1.29 is 9.53 Å². The molecule has 7 heteroatoms. The minimum Gasteiger partial charge on any atom is -0.374 e. The van der Waals surface area contributed by atoms with Crippen molar-refractivity contribution in [3.05, 3.63) is 40.9 Å². The molecule has 22 heavy (non-hydrogen) atoms. The number of carbonyl (C=O) groups excluding carboxylic acids is 1. The van der Waals surface area contributed by atoms with Gasteiger partial charge < -0.3 is 9.64 Å². The lowest BCUT2D eigenvalue weighted by molar-refractivity contribution is -0.0113. The fourth-order valence-corrected chi connectivity index (χ4v) is 3.00. The Morgan fingerprint density at radius 2 is 2.23 bits per heavy atom. The Hall–Kier alpha value is -1.99. The molecule has 1 aliphatic heterocycles. The molecule has 3 rings (SSSR count). The van der Waals surface area contributed by atoms with E-state index in [4.69, 9.17) is 4.74 Å². The van der Waals surface area contributed by atoms with Crippen molar-refractivity contribution in [2.45, 2.75) is 19.4 Å². The van der Waals surface area contributed by atoms with Crippen LogP contribution in [0.5, 0.6) is 0 Å². The van der Waals surface area contributed by atoms with E-state index in [1.807, 2.05) is 25.1 Å². The van der Waals surface area contributed by atoms with Gasteiger partial charge in [0.2, 0.25) is 5.13 Å². The van der Waals surface area contributed by atoms with E-state index in [1.54, 1.807) is 4.90 Å². The third-order valence-corrected chi connectivity index (χ3v) is 4.23. The predicted octanol–water partition coefficient (Wildman–Crippen LogP) is 2.32. The molecule has 6 nitrogen and oxygen atoms in total. The highest BCUT2D eigenvalue weighted by Crippen LogP contribution is 2.16. The number of amides is 2. The fourth-order valence-electron chi connectivity index (χ4n) is 2.42. The van der Waals surface area contributed by atoms with E-state index in [9.17, 15) is 4.79 Å². The molecule has 2 aromatic rings. The number of rotatable bonds is 3. The average molecular weight is 318 g/mol. The average Bonchev–Trinajstić information content (AvgIpc) is 2.93. The Balaban J connectivity index is 1.57. The van der Waals surface area contributed by atoms with Crippen LogP contribution in [0.4, 0.5) is 9.93 Å². The summed E-state index contributed by atoms with van der Waals surface area (Å²) in [5, 5.41) is 12.0. The van der Waals surface area contributed by atoms with Crippen LogP contribution in [-0.4, -0.2) is 46.9 Å². The second-order valence-corrected chi connectivity index (χ2v) is 6.37. The van der Waals surface area contributed by atoms with Gasteiger partial charge in [0.15, 0.2) is 0 Å². The van der Waals surface area contributed by atoms with Gasteiger partial charge in [-0.1, -0.05) is 41.7 Å². The first kappa shape index (κ1) is 14.9. The highest BCUT2D eigenvalue weighted by Gasteiger charge is 2.25. The van der Waals surface area contributed by atoms with Crippen molar-refractivity contribution in [2.75, 3.05) is 25.0 Å². The number of nitrogens with zero attached hydrogens (tertiary/aromatic N) is 3. The van der Waals surface area contributed by atoms with Gasteiger partial charge in [-0.15, -0.1) is 10.2 Å². The van der Waals surface area contributed by atoms with Crippen LogP contribution in [0.1, 0.15) is 10.6 Å². The number of benzene rings is 1. The topological polar surface area (TPSA) is 67.4 Å². The molecular weight excluding hydrogens is 300 g/mol. The predicted molar refractivity (Wildman–Crippen MR) is 85.1 cm³/mol. The van der Waals surface area contributed by atoms with Gasteiger partial charge in [0.1, 0.15) is 5.01 Å². The number of hydrogen-bond acceptors (Lipinski definition) is 5. The molecule has 1 atom stereocenters. The molecule has 0 spiro atoms. The summed E-state index contributed by atoms with van der Waals surface area (Å²) < 4.78 is 5.77. The van der Waals surface area contributed by atoms with Crippen molar-refractivity contribution >= 4 is 22.5 Å². The zero-order valence-electron chi connectivity index (χ0n) is 12.4. The number of hydrogen-bond donors (Lipinski definition) is 1. The molecule has 2 heterocycles. The summed E-state index contributed by atoms with van der Waals surface area (Å²) in [6, 6.07) is 10.0. The van der Waals surface area contributed by atoms with Crippen molar-refractivity contribution in [2.24, 2.45) is 0 Å². The maximum absolute atomic E-state index is 12.3. The number of urea groups is 1. The van der Waals surface area contributed by atoms with E-state index in [2.05, 4.69) is 27.6 Å². The van der Waals surface area contributed by atoms with Crippen LogP contribution in [0.2, 0.25) is 0 Å². The minimum absolute atomic E-state index is 0.0260. The summed E-state index contributed by atoms with van der Waals surface area (Å²) in [6.07, 6.45) is 0.834. The molecule has 0 bridgehead atoms. The van der Waals surface area contributed by atoms with Crippen molar-refractivity contribution in [1.29, 1.82) is 0 Å². The molecule has 1 fully saturated rings. The van der Waals surface area contributed by atoms with Gasteiger partial charge in [-0.05, 0) is 12.5 Å². The van der Waals surface area contributed by atoms with E-state index in [1.165, 1.54) is 16.9 Å². The first-order valence-corrected chi connectivity index (χ1v) is 8.04. The molecular formula is C15H18N4O2S. The van der Waals surface area contributed by atoms with Gasteiger partial charge in [-0.3, -0.25) is 5.32 Å². The smallest absolute Gasteiger partial charge is 0.323 e. The lowest BCUT2D eigenvalue weighted by Crippen LogP contribution is -2.48. The SMILES string of the molecule is Cc1nnc(NC(=O)N2CCOC(Cc3ccccc3)C2)s1. The summed E-state index contributed by atoms with van der Waals surface area (Å²) in [5.41, 5.74) is 1.22. The Kier molecular flexibility index (Phi) is 4.65. The zero-order valence-corrected chi connectivity index (χ0v) is 13.2. The Labute approximate surface area is 133 Å². The van der Waals surface area contributed by atoms with Crippen LogP contribution in [0.25, 0.3) is 0 Å². The van der Waals surface area contributed by atoms with Crippen LogP contribution in [0.3, 0.4) is 0 Å². The third-order valence-electron chi connectivity index (χ3n) is 3.47. The number of aryl methyl sites for hydroxylation is 1. The second-order valence-electron chi connectivity index (χ2n) is 5.18. The number of carbonyl (C=O) groups is 1. The molecule has 0 radical (unpaired) electrons. The van der Waals surface area contributed by atoms with Crippen molar-refractivity contribution in [1.82, 2.24) is 15.1 Å². The number of morpholine rings is 1. The second kappa shape index (κ2) is 6.85. The zero-order chi connectivity index (χ0) is 15.4. The summed E-state index contributed by atoms with van der Waals surface area (Å²) in [5.74, 6) is 0. The number of nitrogens with one attached hydrogen (secondary N) is 1. The number of aromatic nitrogens is 2. The maximum Gasteiger partial charge on any atom is 0.323 e. The van der Waals surface area contributed by atoms with Crippen LogP contribution >= 0.6 is 11.3 Å². The summed E-state index contributed by atoms with van der Waals surface area (Å²) in [6.45, 7) is 3.59.